The van der Waals surface area contributed by atoms with Crippen molar-refractivity contribution >= 4 is 32.2 Å². The maximum absolute atomic E-state index is 11.8. The van der Waals surface area contributed by atoms with E-state index >= 15 is 0 Å². The predicted octanol–water partition coefficient (Wildman–Crippen LogP) is -0.981. The summed E-state index contributed by atoms with van der Waals surface area (Å²) < 4.78 is 39.9. The summed E-state index contributed by atoms with van der Waals surface area (Å²) in [5.41, 5.74) is 6.38. The molecule has 2 aromatic heterocycles. The molecule has 6 N–H and O–H groups in total. The van der Waals surface area contributed by atoms with E-state index in [1.807, 2.05) is 0 Å². The fourth-order valence-corrected chi connectivity index (χ4v) is 5.42. The van der Waals surface area contributed by atoms with Gasteiger partial charge in [-0.25, -0.2) is 15.0 Å². The monoisotopic (exact) mass is 439 g/mol. The van der Waals surface area contributed by atoms with Crippen LogP contribution in [0.2, 0.25) is 0 Å². The number of fused-ring (bicyclic) bond motifs is 1. The molecule has 156 valence electrons. The minimum atomic E-state index is -4.77. The lowest BCUT2D eigenvalue weighted by molar-refractivity contribution is -0.0565. The second kappa shape index (κ2) is 7.75. The number of nitrogen functional groups attached to an aromatic ring is 1. The lowest BCUT2D eigenvalue weighted by atomic mass is 10.1. The number of aliphatic hydroxyl groups excluding tert-OH is 1. The molecule has 0 amide bonds. The van der Waals surface area contributed by atoms with Crippen molar-refractivity contribution in [3.05, 3.63) is 12.7 Å². The van der Waals surface area contributed by atoms with Crippen LogP contribution in [0.4, 0.5) is 5.82 Å². The van der Waals surface area contributed by atoms with Crippen molar-refractivity contribution < 1.29 is 42.9 Å². The van der Waals surface area contributed by atoms with Crippen molar-refractivity contribution in [2.24, 2.45) is 0 Å². The highest BCUT2D eigenvalue weighted by Crippen LogP contribution is 2.55. The Morgan fingerprint density at radius 1 is 1.29 bits per heavy atom. The Labute approximate surface area is 158 Å². The molecule has 2 aromatic rings. The van der Waals surface area contributed by atoms with Gasteiger partial charge in [0.1, 0.15) is 30.2 Å². The van der Waals surface area contributed by atoms with E-state index in [1.165, 1.54) is 24.3 Å². The van der Waals surface area contributed by atoms with Crippen LogP contribution < -0.4 is 5.73 Å². The third kappa shape index (κ3) is 4.40. The Balaban J connectivity index is 1.79. The number of hydrogen-bond acceptors (Lipinski definition) is 10. The van der Waals surface area contributed by atoms with Gasteiger partial charge in [-0.1, -0.05) is 0 Å². The topological polar surface area (TPSA) is 212 Å². The van der Waals surface area contributed by atoms with Crippen LogP contribution in [0.25, 0.3) is 11.2 Å². The molecule has 1 saturated heterocycles. The number of nitrogens with two attached hydrogens (primary N) is 1. The average molecular weight is 439 g/mol. The lowest BCUT2D eigenvalue weighted by Crippen LogP contribution is -2.35. The molecule has 1 aliphatic heterocycles. The van der Waals surface area contributed by atoms with Gasteiger partial charge in [-0.15, -0.1) is 0 Å². The normalized spacial score (nSPS) is 27.9. The molecule has 0 radical (unpaired) electrons. The molecule has 1 fully saturated rings. The molecule has 0 aliphatic carbocycles. The molecule has 0 aromatic carbocycles. The SMILES string of the molecule is CO[C@@H]1[C@H](O)[C@@H](COP(=O)(O)CP(=O)(O)O)O[C@H]1n1cnc2c(N)ncnc21. The van der Waals surface area contributed by atoms with E-state index in [9.17, 15) is 19.1 Å². The third-order valence-corrected chi connectivity index (χ3v) is 7.51. The number of methoxy groups -OCH3 is 1. The molecule has 3 heterocycles. The molecule has 0 bridgehead atoms. The number of rotatable bonds is 7. The number of ether oxygens (including phenoxy) is 2. The average Bonchev–Trinajstić information content (AvgIpc) is 3.12. The number of anilines is 1. The van der Waals surface area contributed by atoms with E-state index < -0.39 is 52.2 Å². The maximum atomic E-state index is 11.8. The summed E-state index contributed by atoms with van der Waals surface area (Å²) in [4.78, 5) is 39.2. The van der Waals surface area contributed by atoms with E-state index in [4.69, 9.17) is 29.5 Å². The molecule has 14 nitrogen and oxygen atoms in total. The van der Waals surface area contributed by atoms with Crippen LogP contribution in [-0.2, 0) is 23.1 Å². The molecular weight excluding hydrogens is 420 g/mol. The first-order valence-electron chi connectivity index (χ1n) is 7.82. The zero-order valence-electron chi connectivity index (χ0n) is 14.5. The van der Waals surface area contributed by atoms with Gasteiger partial charge in [0.05, 0.1) is 12.9 Å². The van der Waals surface area contributed by atoms with Crippen molar-refractivity contribution in [2.45, 2.75) is 24.5 Å². The Morgan fingerprint density at radius 3 is 2.64 bits per heavy atom. The van der Waals surface area contributed by atoms with Crippen LogP contribution in [0.15, 0.2) is 12.7 Å². The second-order valence-electron chi connectivity index (χ2n) is 6.08. The van der Waals surface area contributed by atoms with Crippen molar-refractivity contribution in [1.82, 2.24) is 19.5 Å². The number of hydrogen-bond donors (Lipinski definition) is 5. The van der Waals surface area contributed by atoms with Gasteiger partial charge in [0, 0.05) is 7.11 Å². The number of aliphatic hydroxyl groups is 1. The van der Waals surface area contributed by atoms with E-state index in [2.05, 4.69) is 15.0 Å². The van der Waals surface area contributed by atoms with Gasteiger partial charge in [-0.05, 0) is 0 Å². The third-order valence-electron chi connectivity index (χ3n) is 4.05. The highest BCUT2D eigenvalue weighted by atomic mass is 31.2. The molecule has 5 atom stereocenters. The lowest BCUT2D eigenvalue weighted by Gasteiger charge is -2.19. The van der Waals surface area contributed by atoms with Crippen LogP contribution in [-0.4, -0.2) is 77.2 Å². The summed E-state index contributed by atoms with van der Waals surface area (Å²) in [6.45, 7) is -0.602. The van der Waals surface area contributed by atoms with Crippen molar-refractivity contribution in [1.29, 1.82) is 0 Å². The minimum Gasteiger partial charge on any atom is -0.387 e. The van der Waals surface area contributed by atoms with E-state index in [0.29, 0.717) is 11.2 Å². The van der Waals surface area contributed by atoms with Gasteiger partial charge >= 0.3 is 15.2 Å². The first-order chi connectivity index (χ1) is 13.0. The summed E-state index contributed by atoms with van der Waals surface area (Å²) >= 11 is 0. The highest BCUT2D eigenvalue weighted by Gasteiger charge is 2.46. The van der Waals surface area contributed by atoms with Crippen molar-refractivity contribution in [2.75, 3.05) is 25.4 Å². The zero-order valence-corrected chi connectivity index (χ0v) is 16.3. The molecule has 0 saturated carbocycles. The summed E-state index contributed by atoms with van der Waals surface area (Å²) in [5.74, 6) is -1.20. The molecule has 0 spiro atoms. The fraction of sp³-hybridized carbons (Fsp3) is 0.583. The minimum absolute atomic E-state index is 0.148. The summed E-state index contributed by atoms with van der Waals surface area (Å²) in [6, 6.07) is 0. The summed E-state index contributed by atoms with van der Waals surface area (Å²) in [7, 11) is -8.03. The Hall–Kier alpha value is -1.47. The number of imidazole rings is 1. The Bertz CT molecular complexity index is 949. The summed E-state index contributed by atoms with van der Waals surface area (Å²) in [5, 5.41) is 10.4. The Morgan fingerprint density at radius 2 is 2.00 bits per heavy atom. The standard InChI is InChI=1S/C12H19N5O9P2/c1-24-9-8(18)6(2-25-28(22,23)5-27(19,20)21)26-12(9)17-4-16-7-10(13)14-3-15-11(7)17/h3-4,6,8-9,12,18H,2,5H2,1H3,(H,22,23)(H2,13,14,15)(H2,19,20,21)/t6-,8-,9-,12-/m1/s1. The van der Waals surface area contributed by atoms with Crippen molar-refractivity contribution in [3.8, 4) is 0 Å². The zero-order chi connectivity index (χ0) is 20.7. The molecule has 28 heavy (non-hydrogen) atoms. The van der Waals surface area contributed by atoms with Gasteiger partial charge in [0.25, 0.3) is 0 Å². The van der Waals surface area contributed by atoms with Crippen LogP contribution in [0, 0.1) is 0 Å². The first kappa shape index (κ1) is 21.2. The van der Waals surface area contributed by atoms with E-state index in [1.54, 1.807) is 0 Å². The largest absolute Gasteiger partial charge is 0.387 e. The van der Waals surface area contributed by atoms with E-state index in [0.717, 1.165) is 0 Å². The van der Waals surface area contributed by atoms with Gasteiger partial charge in [0.15, 0.2) is 23.6 Å². The van der Waals surface area contributed by atoms with Crippen LogP contribution in [0.1, 0.15) is 6.23 Å². The summed E-state index contributed by atoms with van der Waals surface area (Å²) in [6.07, 6.45) is -1.64. The highest BCUT2D eigenvalue weighted by molar-refractivity contribution is 7.70. The molecule has 1 unspecified atom stereocenters. The van der Waals surface area contributed by atoms with Crippen LogP contribution >= 0.6 is 15.2 Å². The van der Waals surface area contributed by atoms with Gasteiger partial charge < -0.3 is 39.5 Å². The Kier molecular flexibility index (Phi) is 5.88. The number of aromatic nitrogens is 4. The molecular formula is C12H19N5O9P2. The van der Waals surface area contributed by atoms with Gasteiger partial charge in [-0.3, -0.25) is 13.7 Å². The van der Waals surface area contributed by atoms with Crippen molar-refractivity contribution in [3.63, 3.8) is 0 Å². The second-order valence-corrected chi connectivity index (χ2v) is 10.1. The molecule has 16 heteroatoms. The molecule has 3 rings (SSSR count). The maximum Gasteiger partial charge on any atom is 0.340 e. The van der Waals surface area contributed by atoms with Gasteiger partial charge in [0.2, 0.25) is 0 Å². The first-order valence-corrected chi connectivity index (χ1v) is 11.4. The smallest absolute Gasteiger partial charge is 0.340 e. The number of nitrogens with zero attached hydrogens (tertiary/aromatic N) is 4. The fourth-order valence-electron chi connectivity index (χ4n) is 2.85. The quantitative estimate of drug-likeness (QED) is 0.329. The van der Waals surface area contributed by atoms with Gasteiger partial charge in [-0.2, -0.15) is 0 Å². The van der Waals surface area contributed by atoms with Crippen LogP contribution in [0.3, 0.4) is 0 Å². The van der Waals surface area contributed by atoms with E-state index in [-0.39, 0.29) is 5.82 Å². The van der Waals surface area contributed by atoms with Crippen LogP contribution in [0.5, 0.6) is 0 Å². The molecule has 1 aliphatic rings. The predicted molar refractivity (Wildman–Crippen MR) is 93.1 cm³/mol.